The minimum atomic E-state index is -0.255. The number of fused-ring (bicyclic) bond motifs is 1. The van der Waals surface area contributed by atoms with E-state index >= 15 is 0 Å². The van der Waals surface area contributed by atoms with Gasteiger partial charge in [0.25, 0.3) is 0 Å². The first-order chi connectivity index (χ1) is 5.29. The summed E-state index contributed by atoms with van der Waals surface area (Å²) in [6.45, 7) is 0. The van der Waals surface area contributed by atoms with Gasteiger partial charge in [-0.2, -0.15) is 0 Å². The minimum absolute atomic E-state index is 0.255. The van der Waals surface area contributed by atoms with Crippen molar-refractivity contribution >= 4 is 26.8 Å². The summed E-state index contributed by atoms with van der Waals surface area (Å²) in [5, 5.41) is 0.556. The third-order valence-electron chi connectivity index (χ3n) is 1.49. The average molecular weight is 215 g/mol. The minimum Gasteiger partial charge on any atom is -0.357 e. The van der Waals surface area contributed by atoms with E-state index in [4.69, 9.17) is 0 Å². The van der Waals surface area contributed by atoms with E-state index in [0.717, 1.165) is 0 Å². The smallest absolute Gasteiger partial charge is 0.149 e. The topological polar surface area (TPSA) is 28.7 Å². The van der Waals surface area contributed by atoms with Crippen molar-refractivity contribution in [3.8, 4) is 0 Å². The summed E-state index contributed by atoms with van der Waals surface area (Å²) >= 11 is 3.20. The third kappa shape index (κ3) is 0.939. The fraction of sp³-hybridized carbons (Fsp3) is 0. The largest absolute Gasteiger partial charge is 0.357 e. The molecule has 1 N–H and O–H groups in total. The van der Waals surface area contributed by atoms with Gasteiger partial charge in [0.2, 0.25) is 0 Å². The molecule has 0 fully saturated rings. The number of hydrogen-bond donors (Lipinski definition) is 1. The van der Waals surface area contributed by atoms with E-state index in [2.05, 4.69) is 25.9 Å². The molecule has 0 aliphatic rings. The Morgan fingerprint density at radius 1 is 1.45 bits per heavy atom. The molecule has 11 heavy (non-hydrogen) atoms. The van der Waals surface area contributed by atoms with E-state index in [1.807, 2.05) is 0 Å². The first-order valence-electron chi connectivity index (χ1n) is 3.05. The summed E-state index contributed by atoms with van der Waals surface area (Å²) in [7, 11) is 0. The molecule has 0 radical (unpaired) electrons. The monoisotopic (exact) mass is 214 g/mol. The Balaban J connectivity index is 2.96. The summed E-state index contributed by atoms with van der Waals surface area (Å²) in [5.41, 5.74) is 0.705. The Morgan fingerprint density at radius 2 is 2.27 bits per heavy atom. The van der Waals surface area contributed by atoms with Gasteiger partial charge in [-0.1, -0.05) is 0 Å². The Hall–Kier alpha value is -0.900. The molecule has 0 bridgehead atoms. The molecular formula is C7H4BrFN2. The van der Waals surface area contributed by atoms with Crippen LogP contribution in [0.2, 0.25) is 0 Å². The van der Waals surface area contributed by atoms with Crippen LogP contribution in [-0.2, 0) is 0 Å². The van der Waals surface area contributed by atoms with Crippen LogP contribution >= 0.6 is 15.9 Å². The van der Waals surface area contributed by atoms with E-state index < -0.39 is 0 Å². The lowest BCUT2D eigenvalue weighted by atomic mass is 10.3. The van der Waals surface area contributed by atoms with Gasteiger partial charge in [0, 0.05) is 16.9 Å². The number of H-pyrrole nitrogens is 1. The standard InChI is InChI=1S/C7H4BrFN2/c8-4-1-10-3-6-7(4)5(9)2-11-6/h1-3,11H. The van der Waals surface area contributed by atoms with Crippen molar-refractivity contribution in [2.45, 2.75) is 0 Å². The van der Waals surface area contributed by atoms with Crippen molar-refractivity contribution in [3.05, 3.63) is 28.9 Å². The molecule has 0 aliphatic carbocycles. The number of pyridine rings is 1. The van der Waals surface area contributed by atoms with Gasteiger partial charge in [0.05, 0.1) is 17.1 Å². The fourth-order valence-corrected chi connectivity index (χ4v) is 1.52. The molecule has 2 rings (SSSR count). The van der Waals surface area contributed by atoms with Crippen LogP contribution in [0.1, 0.15) is 0 Å². The van der Waals surface area contributed by atoms with Crippen LogP contribution in [0, 0.1) is 5.82 Å². The number of hydrogen-bond acceptors (Lipinski definition) is 1. The normalized spacial score (nSPS) is 10.7. The lowest BCUT2D eigenvalue weighted by Gasteiger charge is -1.90. The van der Waals surface area contributed by atoms with Crippen molar-refractivity contribution in [1.82, 2.24) is 9.97 Å². The van der Waals surface area contributed by atoms with Gasteiger partial charge in [0.15, 0.2) is 0 Å². The molecule has 2 nitrogen and oxygen atoms in total. The van der Waals surface area contributed by atoms with Gasteiger partial charge in [0.1, 0.15) is 5.82 Å². The van der Waals surface area contributed by atoms with E-state index in [1.165, 1.54) is 6.20 Å². The molecule has 0 amide bonds. The SMILES string of the molecule is Fc1c[nH]c2cncc(Br)c12. The van der Waals surface area contributed by atoms with E-state index in [1.54, 1.807) is 12.4 Å². The van der Waals surface area contributed by atoms with E-state index in [0.29, 0.717) is 15.4 Å². The summed E-state index contributed by atoms with van der Waals surface area (Å²) < 4.78 is 13.6. The number of aromatic nitrogens is 2. The second-order valence-electron chi connectivity index (χ2n) is 2.18. The second-order valence-corrected chi connectivity index (χ2v) is 3.03. The van der Waals surface area contributed by atoms with E-state index in [-0.39, 0.29) is 5.82 Å². The zero-order valence-corrected chi connectivity index (χ0v) is 7.02. The van der Waals surface area contributed by atoms with Gasteiger partial charge in [-0.3, -0.25) is 4.98 Å². The Kier molecular flexibility index (Phi) is 1.42. The van der Waals surface area contributed by atoms with Crippen molar-refractivity contribution in [3.63, 3.8) is 0 Å². The lowest BCUT2D eigenvalue weighted by molar-refractivity contribution is 0.639. The van der Waals surface area contributed by atoms with Gasteiger partial charge >= 0.3 is 0 Å². The highest BCUT2D eigenvalue weighted by atomic mass is 79.9. The number of aromatic amines is 1. The molecule has 0 spiro atoms. The fourth-order valence-electron chi connectivity index (χ4n) is 1.00. The molecule has 56 valence electrons. The predicted molar refractivity (Wildman–Crippen MR) is 43.8 cm³/mol. The summed E-state index contributed by atoms with van der Waals surface area (Å²) in [6.07, 6.45) is 4.47. The third-order valence-corrected chi connectivity index (χ3v) is 2.09. The zero-order valence-electron chi connectivity index (χ0n) is 5.44. The van der Waals surface area contributed by atoms with Gasteiger partial charge in [-0.25, -0.2) is 4.39 Å². The van der Waals surface area contributed by atoms with Crippen LogP contribution in [0.15, 0.2) is 23.1 Å². The summed E-state index contributed by atoms with van der Waals surface area (Å²) in [4.78, 5) is 6.64. The van der Waals surface area contributed by atoms with Crippen LogP contribution in [0.4, 0.5) is 4.39 Å². The van der Waals surface area contributed by atoms with Crippen LogP contribution in [0.25, 0.3) is 10.9 Å². The first kappa shape index (κ1) is 6.79. The molecule has 2 heterocycles. The van der Waals surface area contributed by atoms with Crippen LogP contribution in [0.3, 0.4) is 0 Å². The molecular weight excluding hydrogens is 211 g/mol. The number of nitrogens with zero attached hydrogens (tertiary/aromatic N) is 1. The predicted octanol–water partition coefficient (Wildman–Crippen LogP) is 2.46. The van der Waals surface area contributed by atoms with Gasteiger partial charge in [-0.05, 0) is 15.9 Å². The molecule has 0 unspecified atom stereocenters. The number of nitrogens with one attached hydrogen (secondary N) is 1. The maximum absolute atomic E-state index is 12.9. The van der Waals surface area contributed by atoms with Crippen LogP contribution in [0.5, 0.6) is 0 Å². The molecule has 0 atom stereocenters. The maximum atomic E-state index is 12.9. The Bertz CT molecular complexity index is 396. The maximum Gasteiger partial charge on any atom is 0.149 e. The molecule has 4 heteroatoms. The highest BCUT2D eigenvalue weighted by Gasteiger charge is 2.05. The number of rotatable bonds is 0. The highest BCUT2D eigenvalue weighted by molar-refractivity contribution is 9.10. The van der Waals surface area contributed by atoms with E-state index in [9.17, 15) is 4.39 Å². The average Bonchev–Trinajstić information content (AvgIpc) is 2.34. The van der Waals surface area contributed by atoms with Crippen LogP contribution < -0.4 is 0 Å². The van der Waals surface area contributed by atoms with Crippen molar-refractivity contribution in [2.24, 2.45) is 0 Å². The molecule has 0 aromatic carbocycles. The zero-order chi connectivity index (χ0) is 7.84. The molecule has 0 saturated carbocycles. The highest BCUT2D eigenvalue weighted by Crippen LogP contribution is 2.23. The summed E-state index contributed by atoms with van der Waals surface area (Å²) in [6, 6.07) is 0. The van der Waals surface area contributed by atoms with Crippen molar-refractivity contribution in [2.75, 3.05) is 0 Å². The molecule has 0 aliphatic heterocycles. The first-order valence-corrected chi connectivity index (χ1v) is 3.84. The van der Waals surface area contributed by atoms with Crippen LogP contribution in [-0.4, -0.2) is 9.97 Å². The molecule has 2 aromatic rings. The Labute approximate surface area is 70.6 Å². The Morgan fingerprint density at radius 3 is 3.00 bits per heavy atom. The lowest BCUT2D eigenvalue weighted by Crippen LogP contribution is -1.75. The molecule has 2 aromatic heterocycles. The van der Waals surface area contributed by atoms with Gasteiger partial charge < -0.3 is 4.98 Å². The molecule has 0 saturated heterocycles. The van der Waals surface area contributed by atoms with Crippen molar-refractivity contribution in [1.29, 1.82) is 0 Å². The van der Waals surface area contributed by atoms with Crippen molar-refractivity contribution < 1.29 is 4.39 Å². The van der Waals surface area contributed by atoms with Gasteiger partial charge in [-0.15, -0.1) is 0 Å². The quantitative estimate of drug-likeness (QED) is 0.718. The second kappa shape index (κ2) is 2.30. The number of halogens is 2. The summed E-state index contributed by atoms with van der Waals surface area (Å²) in [5.74, 6) is -0.255.